The van der Waals surface area contributed by atoms with Crippen molar-refractivity contribution in [2.75, 3.05) is 5.32 Å². The first-order valence-electron chi connectivity index (χ1n) is 12.6. The van der Waals surface area contributed by atoms with Crippen LogP contribution in [-0.4, -0.2) is 40.2 Å². The molecule has 0 aliphatic heterocycles. The Bertz CT molecular complexity index is 1410. The van der Waals surface area contributed by atoms with Crippen LogP contribution < -0.4 is 10.0 Å². The van der Waals surface area contributed by atoms with Gasteiger partial charge in [-0.3, -0.25) is 0 Å². The zero-order valence-corrected chi connectivity index (χ0v) is 21.4. The number of fused-ring (bicyclic) bond motifs is 1. The minimum Gasteiger partial charge on any atom is -0.367 e. The standard InChI is InChI=1S/C27H32N6O2S/c1-3-19(2)25-30-26(24-18-28-33(27(24)31-25)22-10-6-4-7-11-22)29-20-14-16-21(17-15-20)32-36(34,35)23-12-8-5-9-13-23/h4-13,18-21,32H,3,14-17H2,1-2H3,(H,29,30,31)/t19-,20?,21?/m1/s1. The third-order valence-corrected chi connectivity index (χ3v) is 8.48. The molecule has 188 valence electrons. The van der Waals surface area contributed by atoms with Crippen molar-refractivity contribution < 1.29 is 8.42 Å². The Morgan fingerprint density at radius 2 is 1.58 bits per heavy atom. The van der Waals surface area contributed by atoms with Crippen molar-refractivity contribution in [1.29, 1.82) is 0 Å². The van der Waals surface area contributed by atoms with Crippen LogP contribution in [0.5, 0.6) is 0 Å². The van der Waals surface area contributed by atoms with Crippen LogP contribution in [0, 0.1) is 0 Å². The number of sulfonamides is 1. The molecule has 4 aromatic rings. The van der Waals surface area contributed by atoms with Crippen LogP contribution in [0.25, 0.3) is 16.7 Å². The Morgan fingerprint density at radius 1 is 0.944 bits per heavy atom. The number of hydrogen-bond donors (Lipinski definition) is 2. The summed E-state index contributed by atoms with van der Waals surface area (Å²) in [6.45, 7) is 4.27. The predicted molar refractivity (Wildman–Crippen MR) is 142 cm³/mol. The summed E-state index contributed by atoms with van der Waals surface area (Å²) >= 11 is 0. The van der Waals surface area contributed by atoms with E-state index in [0.29, 0.717) is 4.90 Å². The number of nitrogens with zero attached hydrogens (tertiary/aromatic N) is 4. The Morgan fingerprint density at radius 3 is 2.25 bits per heavy atom. The highest BCUT2D eigenvalue weighted by atomic mass is 32.2. The highest BCUT2D eigenvalue weighted by molar-refractivity contribution is 7.89. The molecule has 1 saturated carbocycles. The normalized spacial score (nSPS) is 19.3. The van der Waals surface area contributed by atoms with E-state index in [1.54, 1.807) is 24.3 Å². The molecule has 2 N–H and O–H groups in total. The number of benzene rings is 2. The molecule has 1 fully saturated rings. The van der Waals surface area contributed by atoms with Crippen LogP contribution in [0.1, 0.15) is 57.7 Å². The molecule has 0 saturated heterocycles. The van der Waals surface area contributed by atoms with E-state index < -0.39 is 10.0 Å². The molecule has 2 heterocycles. The fraction of sp³-hybridized carbons (Fsp3) is 0.370. The molecule has 9 heteroatoms. The van der Waals surface area contributed by atoms with Gasteiger partial charge in [0.05, 0.1) is 22.2 Å². The zero-order chi connectivity index (χ0) is 25.1. The van der Waals surface area contributed by atoms with Gasteiger partial charge in [0.25, 0.3) is 0 Å². The van der Waals surface area contributed by atoms with Crippen LogP contribution >= 0.6 is 0 Å². The number of hydrogen-bond acceptors (Lipinski definition) is 6. The molecule has 0 unspecified atom stereocenters. The summed E-state index contributed by atoms with van der Waals surface area (Å²) in [5, 5.41) is 9.15. The lowest BCUT2D eigenvalue weighted by Crippen LogP contribution is -2.40. The number of nitrogens with one attached hydrogen (secondary N) is 2. The summed E-state index contributed by atoms with van der Waals surface area (Å²) in [5.41, 5.74) is 1.75. The highest BCUT2D eigenvalue weighted by Gasteiger charge is 2.27. The Balaban J connectivity index is 1.34. The van der Waals surface area contributed by atoms with Crippen molar-refractivity contribution in [2.45, 2.75) is 68.8 Å². The fourth-order valence-electron chi connectivity index (χ4n) is 4.63. The summed E-state index contributed by atoms with van der Waals surface area (Å²) in [5.74, 6) is 1.82. The third-order valence-electron chi connectivity index (χ3n) is 6.94. The van der Waals surface area contributed by atoms with E-state index in [4.69, 9.17) is 9.97 Å². The molecular formula is C27H32N6O2S. The van der Waals surface area contributed by atoms with Gasteiger partial charge in [-0.25, -0.2) is 27.8 Å². The first-order valence-corrected chi connectivity index (χ1v) is 14.1. The molecule has 36 heavy (non-hydrogen) atoms. The second-order valence-electron chi connectivity index (χ2n) is 9.50. The monoisotopic (exact) mass is 504 g/mol. The van der Waals surface area contributed by atoms with Crippen molar-refractivity contribution in [2.24, 2.45) is 0 Å². The van der Waals surface area contributed by atoms with Crippen molar-refractivity contribution in [3.8, 4) is 5.69 Å². The van der Waals surface area contributed by atoms with Gasteiger partial charge in [-0.1, -0.05) is 50.2 Å². The zero-order valence-electron chi connectivity index (χ0n) is 20.6. The van der Waals surface area contributed by atoms with Gasteiger partial charge in [-0.2, -0.15) is 5.10 Å². The summed E-state index contributed by atoms with van der Waals surface area (Å²) in [4.78, 5) is 10.1. The molecule has 0 spiro atoms. The molecule has 8 nitrogen and oxygen atoms in total. The first-order chi connectivity index (χ1) is 17.4. The summed E-state index contributed by atoms with van der Waals surface area (Å²) < 4.78 is 30.2. The van der Waals surface area contributed by atoms with Gasteiger partial charge in [0.15, 0.2) is 5.65 Å². The van der Waals surface area contributed by atoms with Gasteiger partial charge < -0.3 is 5.32 Å². The van der Waals surface area contributed by atoms with E-state index in [1.165, 1.54) is 0 Å². The number of rotatable bonds is 8. The fourth-order valence-corrected chi connectivity index (χ4v) is 5.96. The number of para-hydroxylation sites is 1. The Hall–Kier alpha value is -3.30. The van der Waals surface area contributed by atoms with Gasteiger partial charge >= 0.3 is 0 Å². The number of anilines is 1. The maximum Gasteiger partial charge on any atom is 0.240 e. The van der Waals surface area contributed by atoms with Crippen molar-refractivity contribution in [3.63, 3.8) is 0 Å². The lowest BCUT2D eigenvalue weighted by molar-refractivity contribution is 0.387. The second-order valence-corrected chi connectivity index (χ2v) is 11.2. The minimum atomic E-state index is -3.51. The molecule has 0 bridgehead atoms. The molecule has 1 aliphatic carbocycles. The largest absolute Gasteiger partial charge is 0.367 e. The van der Waals surface area contributed by atoms with Crippen molar-refractivity contribution >= 4 is 26.9 Å². The van der Waals surface area contributed by atoms with E-state index >= 15 is 0 Å². The summed E-state index contributed by atoms with van der Waals surface area (Å²) in [7, 11) is -3.51. The van der Waals surface area contributed by atoms with E-state index in [2.05, 4.69) is 29.0 Å². The molecule has 5 rings (SSSR count). The van der Waals surface area contributed by atoms with Crippen molar-refractivity contribution in [1.82, 2.24) is 24.5 Å². The molecule has 1 aliphatic rings. The van der Waals surface area contributed by atoms with Crippen LogP contribution in [-0.2, 0) is 10.0 Å². The molecule has 0 amide bonds. The number of aromatic nitrogens is 4. The molecule has 2 aromatic heterocycles. The smallest absolute Gasteiger partial charge is 0.240 e. The lowest BCUT2D eigenvalue weighted by Gasteiger charge is -2.30. The summed E-state index contributed by atoms with van der Waals surface area (Å²) in [6, 6.07) is 18.7. The maximum absolute atomic E-state index is 12.7. The quantitative estimate of drug-likeness (QED) is 0.349. The first kappa shape index (κ1) is 24.4. The molecule has 0 radical (unpaired) electrons. The van der Waals surface area contributed by atoms with Gasteiger partial charge in [0.1, 0.15) is 11.6 Å². The second kappa shape index (κ2) is 10.4. The topological polar surface area (TPSA) is 102 Å². The van der Waals surface area contributed by atoms with E-state index in [-0.39, 0.29) is 18.0 Å². The lowest BCUT2D eigenvalue weighted by atomic mass is 9.92. The maximum atomic E-state index is 12.7. The SMILES string of the molecule is CC[C@@H](C)c1nc(NC2CCC(NS(=O)(=O)c3ccccc3)CC2)c2cnn(-c3ccccc3)c2n1. The van der Waals surface area contributed by atoms with Crippen LogP contribution in [0.15, 0.2) is 71.8 Å². The van der Waals surface area contributed by atoms with Crippen LogP contribution in [0.2, 0.25) is 0 Å². The molecule has 1 atom stereocenters. The van der Waals surface area contributed by atoms with Gasteiger partial charge in [-0.15, -0.1) is 0 Å². The Labute approximate surface area is 212 Å². The molecular weight excluding hydrogens is 472 g/mol. The average Bonchev–Trinajstić information content (AvgIpc) is 3.34. The predicted octanol–water partition coefficient (Wildman–Crippen LogP) is 5.03. The van der Waals surface area contributed by atoms with Crippen LogP contribution in [0.3, 0.4) is 0 Å². The molecule has 2 aromatic carbocycles. The van der Waals surface area contributed by atoms with Gasteiger partial charge in [0, 0.05) is 18.0 Å². The van der Waals surface area contributed by atoms with Crippen LogP contribution in [0.4, 0.5) is 5.82 Å². The van der Waals surface area contributed by atoms with Crippen molar-refractivity contribution in [3.05, 3.63) is 72.7 Å². The van der Waals surface area contributed by atoms with E-state index in [0.717, 1.165) is 60.5 Å². The van der Waals surface area contributed by atoms with Gasteiger partial charge in [-0.05, 0) is 56.4 Å². The average molecular weight is 505 g/mol. The van der Waals surface area contributed by atoms with Gasteiger partial charge in [0.2, 0.25) is 10.0 Å². The van der Waals surface area contributed by atoms with E-state index in [9.17, 15) is 8.42 Å². The Kier molecular flexibility index (Phi) is 7.02. The third kappa shape index (κ3) is 5.12. The highest BCUT2D eigenvalue weighted by Crippen LogP contribution is 2.29. The van der Waals surface area contributed by atoms with E-state index in [1.807, 2.05) is 47.3 Å². The summed E-state index contributed by atoms with van der Waals surface area (Å²) in [6.07, 6.45) is 5.98. The minimum absolute atomic E-state index is 0.0739.